The van der Waals surface area contributed by atoms with Crippen LogP contribution < -0.4 is 10.5 Å². The molecule has 2 aromatic carbocycles. The molecule has 2 nitrogen and oxygen atoms in total. The van der Waals surface area contributed by atoms with Crippen molar-refractivity contribution in [2.24, 2.45) is 5.73 Å². The highest BCUT2D eigenvalue weighted by molar-refractivity contribution is 6.33. The summed E-state index contributed by atoms with van der Waals surface area (Å²) in [5.41, 5.74) is 6.99. The molecule has 7 heteroatoms. The van der Waals surface area contributed by atoms with Crippen LogP contribution in [0, 0.1) is 0 Å². The van der Waals surface area contributed by atoms with Crippen molar-refractivity contribution in [1.29, 1.82) is 0 Å². The molecule has 2 rings (SSSR count). The monoisotopic (exact) mass is 335 g/mol. The summed E-state index contributed by atoms with van der Waals surface area (Å²) in [6.45, 7) is 0. The second-order valence-electron chi connectivity index (χ2n) is 4.26. The van der Waals surface area contributed by atoms with Crippen molar-refractivity contribution in [2.45, 2.75) is 12.4 Å². The van der Waals surface area contributed by atoms with Crippen LogP contribution in [0.15, 0.2) is 42.5 Å². The number of hydrogen-bond donors (Lipinski definition) is 1. The lowest BCUT2D eigenvalue weighted by Crippen LogP contribution is -2.18. The maximum absolute atomic E-state index is 12.2. The largest absolute Gasteiger partial charge is 0.573 e. The van der Waals surface area contributed by atoms with E-state index in [-0.39, 0.29) is 5.75 Å². The van der Waals surface area contributed by atoms with Gasteiger partial charge in [0, 0.05) is 10.0 Å². The maximum Gasteiger partial charge on any atom is 0.573 e. The summed E-state index contributed by atoms with van der Waals surface area (Å²) in [6.07, 6.45) is -4.75. The Balaban J connectivity index is 2.33. The van der Waals surface area contributed by atoms with E-state index in [1.165, 1.54) is 18.2 Å². The van der Waals surface area contributed by atoms with E-state index >= 15 is 0 Å². The lowest BCUT2D eigenvalue weighted by Gasteiger charge is -2.16. The summed E-state index contributed by atoms with van der Waals surface area (Å²) in [5, 5.41) is 0.821. The zero-order valence-corrected chi connectivity index (χ0v) is 12.0. The van der Waals surface area contributed by atoms with Crippen LogP contribution in [-0.2, 0) is 0 Å². The van der Waals surface area contributed by atoms with E-state index in [1.807, 2.05) is 0 Å². The zero-order chi connectivity index (χ0) is 15.6. The van der Waals surface area contributed by atoms with E-state index in [4.69, 9.17) is 28.9 Å². The zero-order valence-electron chi connectivity index (χ0n) is 10.5. The lowest BCUT2D eigenvalue weighted by atomic mass is 9.99. The highest BCUT2D eigenvalue weighted by Gasteiger charge is 2.31. The Morgan fingerprint density at radius 1 is 1.05 bits per heavy atom. The van der Waals surface area contributed by atoms with Crippen molar-refractivity contribution in [3.05, 3.63) is 63.6 Å². The van der Waals surface area contributed by atoms with Crippen LogP contribution in [0.1, 0.15) is 17.2 Å². The third-order valence-electron chi connectivity index (χ3n) is 2.74. The number of alkyl halides is 3. The summed E-state index contributed by atoms with van der Waals surface area (Å²) in [7, 11) is 0. The predicted molar refractivity (Wildman–Crippen MR) is 75.6 cm³/mol. The molecule has 0 aliphatic carbocycles. The maximum atomic E-state index is 12.2. The van der Waals surface area contributed by atoms with E-state index in [0.29, 0.717) is 21.2 Å². The van der Waals surface area contributed by atoms with E-state index in [2.05, 4.69) is 4.74 Å². The molecule has 112 valence electrons. The molecule has 0 amide bonds. The Morgan fingerprint density at radius 2 is 1.76 bits per heavy atom. The Kier molecular flexibility index (Phi) is 4.66. The van der Waals surface area contributed by atoms with Crippen molar-refractivity contribution >= 4 is 23.2 Å². The Morgan fingerprint density at radius 3 is 2.43 bits per heavy atom. The van der Waals surface area contributed by atoms with Crippen LogP contribution in [0.2, 0.25) is 10.0 Å². The van der Waals surface area contributed by atoms with Crippen LogP contribution in [-0.4, -0.2) is 6.36 Å². The van der Waals surface area contributed by atoms with Crippen molar-refractivity contribution in [2.75, 3.05) is 0 Å². The van der Waals surface area contributed by atoms with Crippen LogP contribution in [0.3, 0.4) is 0 Å². The molecule has 0 saturated carbocycles. The summed E-state index contributed by atoms with van der Waals surface area (Å²) in [4.78, 5) is 0. The number of ether oxygens (including phenoxy) is 1. The molecule has 1 atom stereocenters. The molecule has 0 aromatic heterocycles. The van der Waals surface area contributed by atoms with E-state index in [1.54, 1.807) is 24.3 Å². The molecule has 0 fully saturated rings. The molecular weight excluding hydrogens is 326 g/mol. The van der Waals surface area contributed by atoms with Crippen molar-refractivity contribution in [1.82, 2.24) is 0 Å². The van der Waals surface area contributed by atoms with Gasteiger partial charge in [0.1, 0.15) is 5.75 Å². The van der Waals surface area contributed by atoms with Crippen LogP contribution in [0.25, 0.3) is 0 Å². The molecule has 0 spiro atoms. The first kappa shape index (κ1) is 15.9. The fourth-order valence-corrected chi connectivity index (χ4v) is 2.25. The molecule has 0 bridgehead atoms. The second kappa shape index (κ2) is 6.13. The van der Waals surface area contributed by atoms with Gasteiger partial charge in [0.05, 0.1) is 6.04 Å². The number of nitrogens with two attached hydrogens (primary N) is 1. The van der Waals surface area contributed by atoms with Crippen LogP contribution in [0.4, 0.5) is 13.2 Å². The highest BCUT2D eigenvalue weighted by Crippen LogP contribution is 2.31. The second-order valence-corrected chi connectivity index (χ2v) is 5.11. The molecule has 0 heterocycles. The predicted octanol–water partition coefficient (Wildman–Crippen LogP) is 4.94. The van der Waals surface area contributed by atoms with Crippen molar-refractivity contribution in [3.8, 4) is 5.75 Å². The normalized spacial score (nSPS) is 13.0. The fraction of sp³-hybridized carbons (Fsp3) is 0.143. The van der Waals surface area contributed by atoms with Crippen LogP contribution in [0.5, 0.6) is 5.75 Å². The lowest BCUT2D eigenvalue weighted by molar-refractivity contribution is -0.274. The Hall–Kier alpha value is -1.43. The van der Waals surface area contributed by atoms with Gasteiger partial charge in [-0.05, 0) is 41.5 Å². The molecule has 0 aliphatic rings. The number of rotatable bonds is 3. The minimum absolute atomic E-state index is 0.339. The first-order chi connectivity index (χ1) is 9.76. The van der Waals surface area contributed by atoms with Gasteiger partial charge in [0.25, 0.3) is 0 Å². The third-order valence-corrected chi connectivity index (χ3v) is 3.32. The Bertz CT molecular complexity index is 646. The van der Waals surface area contributed by atoms with Crippen LogP contribution >= 0.6 is 23.2 Å². The average Bonchev–Trinajstić information content (AvgIpc) is 2.39. The summed E-state index contributed by atoms with van der Waals surface area (Å²) < 4.78 is 40.5. The smallest absolute Gasteiger partial charge is 0.406 e. The molecule has 0 saturated heterocycles. The molecule has 21 heavy (non-hydrogen) atoms. The summed E-state index contributed by atoms with van der Waals surface area (Å²) in [6, 6.07) is 9.47. The fourth-order valence-electron chi connectivity index (χ4n) is 1.84. The standard InChI is InChI=1S/C14H10Cl2F3NO/c15-9-4-5-12(16)11(7-9)13(20)8-2-1-3-10(6-8)21-14(17,18)19/h1-7,13H,20H2. The number of halogens is 5. The average molecular weight is 336 g/mol. The molecule has 2 aromatic rings. The van der Waals surface area contributed by atoms with Gasteiger partial charge in [-0.2, -0.15) is 0 Å². The Labute approximate surface area is 129 Å². The molecular formula is C14H10Cl2F3NO. The molecule has 2 N–H and O–H groups in total. The summed E-state index contributed by atoms with van der Waals surface area (Å²) >= 11 is 11.9. The number of hydrogen-bond acceptors (Lipinski definition) is 2. The SMILES string of the molecule is NC(c1cccc(OC(F)(F)F)c1)c1cc(Cl)ccc1Cl. The van der Waals surface area contributed by atoms with Gasteiger partial charge in [0.2, 0.25) is 0 Å². The molecule has 0 radical (unpaired) electrons. The topological polar surface area (TPSA) is 35.2 Å². The molecule has 0 aliphatic heterocycles. The van der Waals surface area contributed by atoms with E-state index in [0.717, 1.165) is 0 Å². The van der Waals surface area contributed by atoms with Crippen molar-refractivity contribution in [3.63, 3.8) is 0 Å². The summed E-state index contributed by atoms with van der Waals surface area (Å²) in [5.74, 6) is -0.339. The first-order valence-corrected chi connectivity index (χ1v) is 6.58. The van der Waals surface area contributed by atoms with Gasteiger partial charge < -0.3 is 10.5 Å². The van der Waals surface area contributed by atoms with Gasteiger partial charge in [-0.15, -0.1) is 13.2 Å². The van der Waals surface area contributed by atoms with E-state index < -0.39 is 12.4 Å². The number of benzene rings is 2. The van der Waals surface area contributed by atoms with Gasteiger partial charge in [-0.1, -0.05) is 35.3 Å². The first-order valence-electron chi connectivity index (χ1n) is 5.82. The van der Waals surface area contributed by atoms with Gasteiger partial charge in [0.15, 0.2) is 0 Å². The van der Waals surface area contributed by atoms with E-state index in [9.17, 15) is 13.2 Å². The minimum Gasteiger partial charge on any atom is -0.406 e. The van der Waals surface area contributed by atoms with Gasteiger partial charge in [-0.25, -0.2) is 0 Å². The van der Waals surface area contributed by atoms with Gasteiger partial charge >= 0.3 is 6.36 Å². The van der Waals surface area contributed by atoms with Crippen molar-refractivity contribution < 1.29 is 17.9 Å². The quantitative estimate of drug-likeness (QED) is 0.862. The minimum atomic E-state index is -4.75. The third kappa shape index (κ3) is 4.27. The highest BCUT2D eigenvalue weighted by atomic mass is 35.5. The van der Waals surface area contributed by atoms with Gasteiger partial charge in [-0.3, -0.25) is 0 Å². The molecule has 1 unspecified atom stereocenters.